The lowest BCUT2D eigenvalue weighted by atomic mass is 9.53. The summed E-state index contributed by atoms with van der Waals surface area (Å²) >= 11 is 0. The number of hydrogen-bond donors (Lipinski definition) is 2. The van der Waals surface area contributed by atoms with Gasteiger partial charge in [0, 0.05) is 11.6 Å². The molecule has 4 saturated carbocycles. The highest BCUT2D eigenvalue weighted by Crippen LogP contribution is 2.55. The van der Waals surface area contributed by atoms with Gasteiger partial charge in [0.1, 0.15) is 5.69 Å². The van der Waals surface area contributed by atoms with Crippen LogP contribution in [0.3, 0.4) is 0 Å². The van der Waals surface area contributed by atoms with Gasteiger partial charge >= 0.3 is 0 Å². The summed E-state index contributed by atoms with van der Waals surface area (Å²) in [4.78, 5) is 24.9. The molecule has 3 N–H and O–H groups in total. The van der Waals surface area contributed by atoms with Crippen molar-refractivity contribution in [2.45, 2.75) is 44.1 Å². The molecule has 2 aromatic rings. The molecular weight excluding hydrogens is 340 g/mol. The van der Waals surface area contributed by atoms with Crippen LogP contribution in [0.4, 0.5) is 0 Å². The molecule has 4 aliphatic rings. The van der Waals surface area contributed by atoms with Gasteiger partial charge in [-0.3, -0.25) is 9.59 Å². The maximum Gasteiger partial charge on any atom is 0.272 e. The smallest absolute Gasteiger partial charge is 0.272 e. The minimum absolute atomic E-state index is 0.0880. The summed E-state index contributed by atoms with van der Waals surface area (Å²) in [5.41, 5.74) is 6.61. The molecule has 0 saturated heterocycles. The van der Waals surface area contributed by atoms with E-state index in [-0.39, 0.29) is 22.8 Å². The van der Waals surface area contributed by atoms with Crippen molar-refractivity contribution >= 4 is 11.8 Å². The number of rotatable bonds is 4. The summed E-state index contributed by atoms with van der Waals surface area (Å²) in [5, 5.41) is 7.71. The maximum atomic E-state index is 13.0. The van der Waals surface area contributed by atoms with Crippen molar-refractivity contribution in [2.75, 3.05) is 0 Å². The van der Waals surface area contributed by atoms with E-state index in [4.69, 9.17) is 5.73 Å². The van der Waals surface area contributed by atoms with Crippen LogP contribution in [-0.2, 0) is 0 Å². The van der Waals surface area contributed by atoms with Crippen LogP contribution in [0.1, 0.15) is 59.5 Å². The SMILES string of the molecule is NC(=O)c1cc(C(=O)NC23CC4CC(CC(C4)C2)C3)nn1-c1ccccc1. The number of primary amides is 1. The standard InChI is InChI=1S/C21H24N4O2/c22-19(26)18-9-17(24-25(18)16-4-2-1-3-5-16)20(27)23-21-10-13-6-14(11-21)8-15(7-13)12-21/h1-5,9,13-15H,6-8,10-12H2,(H2,22,26)(H,23,27). The van der Waals surface area contributed by atoms with Crippen LogP contribution in [0.15, 0.2) is 36.4 Å². The van der Waals surface area contributed by atoms with Crippen molar-refractivity contribution in [1.82, 2.24) is 15.1 Å². The van der Waals surface area contributed by atoms with Gasteiger partial charge in [0.05, 0.1) is 5.69 Å². The summed E-state index contributed by atoms with van der Waals surface area (Å²) in [7, 11) is 0. The van der Waals surface area contributed by atoms with Crippen molar-refractivity contribution in [3.05, 3.63) is 47.8 Å². The molecule has 0 aliphatic heterocycles. The Labute approximate surface area is 158 Å². The van der Waals surface area contributed by atoms with Crippen molar-refractivity contribution in [3.63, 3.8) is 0 Å². The van der Waals surface area contributed by atoms with E-state index >= 15 is 0 Å². The maximum absolute atomic E-state index is 13.0. The topological polar surface area (TPSA) is 90.0 Å². The zero-order chi connectivity index (χ0) is 18.6. The summed E-state index contributed by atoms with van der Waals surface area (Å²) in [6.07, 6.45) is 7.20. The van der Waals surface area contributed by atoms with Crippen molar-refractivity contribution in [2.24, 2.45) is 23.5 Å². The molecule has 2 amide bonds. The third kappa shape index (κ3) is 2.83. The van der Waals surface area contributed by atoms with E-state index in [1.807, 2.05) is 30.3 Å². The number of nitrogens with zero attached hydrogens (tertiary/aromatic N) is 2. The fourth-order valence-electron chi connectivity index (χ4n) is 6.00. The van der Waals surface area contributed by atoms with E-state index in [0.29, 0.717) is 5.69 Å². The van der Waals surface area contributed by atoms with Crippen molar-refractivity contribution < 1.29 is 9.59 Å². The first kappa shape index (κ1) is 16.5. The average molecular weight is 364 g/mol. The molecule has 0 unspecified atom stereocenters. The lowest BCUT2D eigenvalue weighted by Crippen LogP contribution is -2.59. The van der Waals surface area contributed by atoms with Gasteiger partial charge in [-0.15, -0.1) is 0 Å². The normalized spacial score (nSPS) is 31.0. The molecule has 6 rings (SSSR count). The molecule has 1 heterocycles. The molecule has 4 aliphatic carbocycles. The first-order valence-corrected chi connectivity index (χ1v) is 9.79. The highest BCUT2D eigenvalue weighted by Gasteiger charge is 2.51. The molecule has 27 heavy (non-hydrogen) atoms. The number of nitrogens with one attached hydrogen (secondary N) is 1. The predicted molar refractivity (Wildman–Crippen MR) is 100 cm³/mol. The molecule has 1 aromatic heterocycles. The molecule has 4 fully saturated rings. The molecule has 6 nitrogen and oxygen atoms in total. The first-order valence-electron chi connectivity index (χ1n) is 9.79. The minimum atomic E-state index is -0.597. The third-order valence-electron chi connectivity index (χ3n) is 6.61. The molecule has 1 aromatic carbocycles. The number of aromatic nitrogens is 2. The van der Waals surface area contributed by atoms with Gasteiger partial charge in [0.15, 0.2) is 5.69 Å². The van der Waals surface area contributed by atoms with Crippen LogP contribution in [0, 0.1) is 17.8 Å². The lowest BCUT2D eigenvalue weighted by Gasteiger charge is -2.56. The van der Waals surface area contributed by atoms with Gasteiger partial charge in [0.2, 0.25) is 0 Å². The number of carbonyl (C=O) groups excluding carboxylic acids is 2. The molecule has 6 heteroatoms. The number of carbonyl (C=O) groups is 2. The first-order chi connectivity index (χ1) is 13.0. The summed E-state index contributed by atoms with van der Waals surface area (Å²) in [5.74, 6) is 1.45. The molecular formula is C21H24N4O2. The van der Waals surface area contributed by atoms with Gasteiger partial charge in [0.25, 0.3) is 11.8 Å². The largest absolute Gasteiger partial charge is 0.364 e. The number of para-hydroxylation sites is 1. The van der Waals surface area contributed by atoms with E-state index in [1.165, 1.54) is 30.0 Å². The average Bonchev–Trinajstić information content (AvgIpc) is 3.07. The molecule has 140 valence electrons. The molecule has 0 radical (unpaired) electrons. The van der Waals surface area contributed by atoms with Crippen LogP contribution >= 0.6 is 0 Å². The van der Waals surface area contributed by atoms with Gasteiger partial charge in [-0.25, -0.2) is 4.68 Å². The summed E-state index contributed by atoms with van der Waals surface area (Å²) in [6, 6.07) is 10.8. The highest BCUT2D eigenvalue weighted by atomic mass is 16.2. The Morgan fingerprint density at radius 2 is 1.63 bits per heavy atom. The van der Waals surface area contributed by atoms with Crippen molar-refractivity contribution in [1.29, 1.82) is 0 Å². The predicted octanol–water partition coefficient (Wildman–Crippen LogP) is 2.67. The van der Waals surface area contributed by atoms with E-state index in [9.17, 15) is 9.59 Å². The Morgan fingerprint density at radius 3 is 2.19 bits per heavy atom. The fourth-order valence-corrected chi connectivity index (χ4v) is 6.00. The third-order valence-corrected chi connectivity index (χ3v) is 6.61. The Morgan fingerprint density at radius 1 is 1.04 bits per heavy atom. The zero-order valence-electron chi connectivity index (χ0n) is 15.2. The Hall–Kier alpha value is -2.63. The summed E-state index contributed by atoms with van der Waals surface area (Å²) < 4.78 is 1.46. The van der Waals surface area contributed by atoms with Crippen LogP contribution in [0.5, 0.6) is 0 Å². The second kappa shape index (κ2) is 5.94. The molecule has 0 spiro atoms. The number of nitrogens with two attached hydrogens (primary N) is 1. The van der Waals surface area contributed by atoms with E-state index in [1.54, 1.807) is 0 Å². The van der Waals surface area contributed by atoms with E-state index in [2.05, 4.69) is 10.4 Å². The minimum Gasteiger partial charge on any atom is -0.364 e. The monoisotopic (exact) mass is 364 g/mol. The quantitative estimate of drug-likeness (QED) is 0.874. The summed E-state index contributed by atoms with van der Waals surface area (Å²) in [6.45, 7) is 0. The van der Waals surface area contributed by atoms with E-state index in [0.717, 1.165) is 37.0 Å². The van der Waals surface area contributed by atoms with Crippen molar-refractivity contribution in [3.8, 4) is 5.69 Å². The molecule has 4 bridgehead atoms. The Kier molecular flexibility index (Phi) is 3.64. The lowest BCUT2D eigenvalue weighted by molar-refractivity contribution is -0.0167. The Bertz CT molecular complexity index is 867. The highest BCUT2D eigenvalue weighted by molar-refractivity contribution is 5.98. The van der Waals surface area contributed by atoms with Gasteiger partial charge in [-0.2, -0.15) is 5.10 Å². The second-order valence-corrected chi connectivity index (χ2v) is 8.68. The number of hydrogen-bond acceptors (Lipinski definition) is 3. The zero-order valence-corrected chi connectivity index (χ0v) is 15.2. The van der Waals surface area contributed by atoms with Gasteiger partial charge in [-0.1, -0.05) is 18.2 Å². The van der Waals surface area contributed by atoms with Crippen LogP contribution in [-0.4, -0.2) is 27.1 Å². The number of benzene rings is 1. The second-order valence-electron chi connectivity index (χ2n) is 8.68. The number of amides is 2. The fraction of sp³-hybridized carbons (Fsp3) is 0.476. The van der Waals surface area contributed by atoms with Crippen LogP contribution in [0.2, 0.25) is 0 Å². The van der Waals surface area contributed by atoms with Crippen LogP contribution < -0.4 is 11.1 Å². The van der Waals surface area contributed by atoms with E-state index < -0.39 is 5.91 Å². The Balaban J connectivity index is 1.43. The van der Waals surface area contributed by atoms with Gasteiger partial charge in [-0.05, 0) is 68.4 Å². The van der Waals surface area contributed by atoms with Crippen LogP contribution in [0.25, 0.3) is 5.69 Å². The van der Waals surface area contributed by atoms with Gasteiger partial charge < -0.3 is 11.1 Å². The molecule has 0 atom stereocenters.